The number of hydrogen-bond acceptors (Lipinski definition) is 5. The Labute approximate surface area is 110 Å². The molecule has 6 nitrogen and oxygen atoms in total. The van der Waals surface area contributed by atoms with Crippen LogP contribution in [0.1, 0.15) is 12.8 Å². The van der Waals surface area contributed by atoms with Gasteiger partial charge in [0.2, 0.25) is 15.9 Å². The standard InChI is InChI=1S/C10H15N3O3S2/c1-18(15,16)13-5-2-3-8(7-13)9(14)12-10-11-4-6-17-10/h4,6,8H,2-3,5,7H2,1H3,(H,11,12,14)/t8-/m1/s1. The van der Waals surface area contributed by atoms with E-state index in [-0.39, 0.29) is 18.4 Å². The lowest BCUT2D eigenvalue weighted by Gasteiger charge is -2.29. The lowest BCUT2D eigenvalue weighted by atomic mass is 9.99. The molecule has 1 aromatic heterocycles. The highest BCUT2D eigenvalue weighted by molar-refractivity contribution is 7.88. The van der Waals surface area contributed by atoms with Gasteiger partial charge in [0.15, 0.2) is 5.13 Å². The van der Waals surface area contributed by atoms with Crippen molar-refractivity contribution in [1.29, 1.82) is 0 Å². The van der Waals surface area contributed by atoms with E-state index < -0.39 is 10.0 Å². The molecule has 100 valence electrons. The Kier molecular flexibility index (Phi) is 3.98. The Balaban J connectivity index is 1.98. The number of rotatable bonds is 3. The number of carbonyl (C=O) groups is 1. The van der Waals surface area contributed by atoms with Crippen LogP contribution in [-0.2, 0) is 14.8 Å². The second kappa shape index (κ2) is 5.33. The topological polar surface area (TPSA) is 79.4 Å². The van der Waals surface area contributed by atoms with Crippen molar-refractivity contribution >= 4 is 32.4 Å². The number of carbonyl (C=O) groups excluding carboxylic acids is 1. The van der Waals surface area contributed by atoms with Crippen LogP contribution in [0.15, 0.2) is 11.6 Å². The molecule has 0 radical (unpaired) electrons. The monoisotopic (exact) mass is 289 g/mol. The van der Waals surface area contributed by atoms with Gasteiger partial charge in [-0.25, -0.2) is 17.7 Å². The van der Waals surface area contributed by atoms with Gasteiger partial charge in [-0.05, 0) is 12.8 Å². The molecule has 0 aromatic carbocycles. The van der Waals surface area contributed by atoms with E-state index in [1.165, 1.54) is 21.9 Å². The van der Waals surface area contributed by atoms with Crippen molar-refractivity contribution in [3.05, 3.63) is 11.6 Å². The Morgan fingerprint density at radius 2 is 2.39 bits per heavy atom. The first-order chi connectivity index (χ1) is 8.47. The minimum Gasteiger partial charge on any atom is -0.302 e. The molecule has 1 aromatic rings. The average Bonchev–Trinajstić information content (AvgIpc) is 2.81. The van der Waals surface area contributed by atoms with Crippen LogP contribution in [0, 0.1) is 5.92 Å². The molecule has 1 saturated heterocycles. The van der Waals surface area contributed by atoms with Crippen molar-refractivity contribution in [2.24, 2.45) is 5.92 Å². The molecule has 1 atom stereocenters. The Morgan fingerprint density at radius 3 is 3.00 bits per heavy atom. The highest BCUT2D eigenvalue weighted by Crippen LogP contribution is 2.21. The predicted molar refractivity (Wildman–Crippen MR) is 69.9 cm³/mol. The maximum atomic E-state index is 12.0. The summed E-state index contributed by atoms with van der Waals surface area (Å²) < 4.78 is 24.3. The zero-order chi connectivity index (χ0) is 13.2. The molecule has 2 rings (SSSR count). The number of piperidine rings is 1. The minimum atomic E-state index is -3.21. The second-order valence-corrected chi connectivity index (χ2v) is 7.16. The fraction of sp³-hybridized carbons (Fsp3) is 0.600. The lowest BCUT2D eigenvalue weighted by Crippen LogP contribution is -2.43. The molecule has 0 unspecified atom stereocenters. The zero-order valence-electron chi connectivity index (χ0n) is 10.00. The van der Waals surface area contributed by atoms with E-state index in [1.807, 2.05) is 0 Å². The summed E-state index contributed by atoms with van der Waals surface area (Å²) in [7, 11) is -3.21. The van der Waals surface area contributed by atoms with Gasteiger partial charge in [-0.15, -0.1) is 11.3 Å². The average molecular weight is 289 g/mol. The lowest BCUT2D eigenvalue weighted by molar-refractivity contribution is -0.120. The number of thiazole rings is 1. The van der Waals surface area contributed by atoms with Crippen LogP contribution in [0.4, 0.5) is 5.13 Å². The van der Waals surface area contributed by atoms with Crippen LogP contribution < -0.4 is 5.32 Å². The molecule has 0 saturated carbocycles. The third-order valence-electron chi connectivity index (χ3n) is 2.89. The summed E-state index contributed by atoms with van der Waals surface area (Å²) in [6.07, 6.45) is 4.21. The first-order valence-electron chi connectivity index (χ1n) is 5.62. The zero-order valence-corrected chi connectivity index (χ0v) is 11.6. The Hall–Kier alpha value is -0.990. The molecule has 0 bridgehead atoms. The van der Waals surface area contributed by atoms with Gasteiger partial charge in [-0.3, -0.25) is 4.79 Å². The van der Waals surface area contributed by atoms with Crippen molar-refractivity contribution < 1.29 is 13.2 Å². The number of aromatic nitrogens is 1. The third-order valence-corrected chi connectivity index (χ3v) is 4.84. The van der Waals surface area contributed by atoms with Gasteiger partial charge in [0.1, 0.15) is 0 Å². The van der Waals surface area contributed by atoms with Gasteiger partial charge >= 0.3 is 0 Å². The van der Waals surface area contributed by atoms with E-state index in [4.69, 9.17) is 0 Å². The fourth-order valence-electron chi connectivity index (χ4n) is 1.95. The largest absolute Gasteiger partial charge is 0.302 e. The van der Waals surface area contributed by atoms with Crippen LogP contribution >= 0.6 is 11.3 Å². The maximum absolute atomic E-state index is 12.0. The van der Waals surface area contributed by atoms with Crippen molar-refractivity contribution in [2.75, 3.05) is 24.7 Å². The summed E-state index contributed by atoms with van der Waals surface area (Å²) >= 11 is 1.35. The van der Waals surface area contributed by atoms with Gasteiger partial charge in [0.05, 0.1) is 12.2 Å². The van der Waals surface area contributed by atoms with Crippen LogP contribution in [0.5, 0.6) is 0 Å². The van der Waals surface area contributed by atoms with E-state index in [2.05, 4.69) is 10.3 Å². The molecule has 1 fully saturated rings. The highest BCUT2D eigenvalue weighted by atomic mass is 32.2. The van der Waals surface area contributed by atoms with E-state index in [0.29, 0.717) is 24.5 Å². The molecule has 0 aliphatic carbocycles. The summed E-state index contributed by atoms with van der Waals surface area (Å²) in [6.45, 7) is 0.760. The number of sulfonamides is 1. The van der Waals surface area contributed by atoms with Gasteiger partial charge in [0, 0.05) is 24.7 Å². The number of nitrogens with zero attached hydrogens (tertiary/aromatic N) is 2. The van der Waals surface area contributed by atoms with E-state index in [1.54, 1.807) is 11.6 Å². The van der Waals surface area contributed by atoms with E-state index >= 15 is 0 Å². The van der Waals surface area contributed by atoms with Crippen LogP contribution in [-0.4, -0.2) is 43.0 Å². The fourth-order valence-corrected chi connectivity index (χ4v) is 3.39. The second-order valence-electron chi connectivity index (χ2n) is 4.29. The first kappa shape index (κ1) is 13.4. The molecule has 1 N–H and O–H groups in total. The number of anilines is 1. The number of hydrogen-bond donors (Lipinski definition) is 1. The summed E-state index contributed by atoms with van der Waals surface area (Å²) in [4.78, 5) is 15.9. The predicted octanol–water partition coefficient (Wildman–Crippen LogP) is 0.753. The van der Waals surface area contributed by atoms with Gasteiger partial charge in [-0.2, -0.15) is 0 Å². The van der Waals surface area contributed by atoms with Gasteiger partial charge < -0.3 is 5.32 Å². The normalized spacial score (nSPS) is 21.7. The quantitative estimate of drug-likeness (QED) is 0.890. The SMILES string of the molecule is CS(=O)(=O)N1CCC[C@@H](C(=O)Nc2nccs2)C1. The summed E-state index contributed by atoms with van der Waals surface area (Å²) in [5, 5.41) is 5.04. The van der Waals surface area contributed by atoms with Crippen molar-refractivity contribution in [2.45, 2.75) is 12.8 Å². The first-order valence-corrected chi connectivity index (χ1v) is 8.35. The van der Waals surface area contributed by atoms with Crippen molar-refractivity contribution in [3.63, 3.8) is 0 Å². The van der Waals surface area contributed by atoms with E-state index in [9.17, 15) is 13.2 Å². The molecule has 8 heteroatoms. The Bertz CT molecular complexity index is 512. The summed E-state index contributed by atoms with van der Waals surface area (Å²) in [5.41, 5.74) is 0. The molecule has 0 spiro atoms. The van der Waals surface area contributed by atoms with Gasteiger partial charge in [-0.1, -0.05) is 0 Å². The summed E-state index contributed by atoms with van der Waals surface area (Å²) in [5.74, 6) is -0.448. The molecule has 18 heavy (non-hydrogen) atoms. The minimum absolute atomic E-state index is 0.154. The molecule has 1 aliphatic rings. The molecule has 1 aliphatic heterocycles. The van der Waals surface area contributed by atoms with E-state index in [0.717, 1.165) is 0 Å². The highest BCUT2D eigenvalue weighted by Gasteiger charge is 2.30. The summed E-state index contributed by atoms with van der Waals surface area (Å²) in [6, 6.07) is 0. The molecule has 1 amide bonds. The van der Waals surface area contributed by atoms with Crippen LogP contribution in [0.25, 0.3) is 0 Å². The Morgan fingerprint density at radius 1 is 1.61 bits per heavy atom. The molecule has 2 heterocycles. The van der Waals surface area contributed by atoms with Crippen LogP contribution in [0.2, 0.25) is 0 Å². The maximum Gasteiger partial charge on any atom is 0.230 e. The number of amides is 1. The van der Waals surface area contributed by atoms with Crippen molar-refractivity contribution in [1.82, 2.24) is 9.29 Å². The van der Waals surface area contributed by atoms with Crippen LogP contribution in [0.3, 0.4) is 0 Å². The third kappa shape index (κ3) is 3.27. The van der Waals surface area contributed by atoms with Crippen molar-refractivity contribution in [3.8, 4) is 0 Å². The molecular formula is C10H15N3O3S2. The number of nitrogens with one attached hydrogen (secondary N) is 1. The van der Waals surface area contributed by atoms with Gasteiger partial charge in [0.25, 0.3) is 0 Å². The smallest absolute Gasteiger partial charge is 0.230 e. The molecular weight excluding hydrogens is 274 g/mol.